The highest BCUT2D eigenvalue weighted by molar-refractivity contribution is 6.13. The lowest BCUT2D eigenvalue weighted by Gasteiger charge is -2.26. The summed E-state index contributed by atoms with van der Waals surface area (Å²) in [6.45, 7) is 3.48. The van der Waals surface area contributed by atoms with Crippen molar-refractivity contribution >= 4 is 63.8 Å². The van der Waals surface area contributed by atoms with Gasteiger partial charge in [-0.05, 0) is 104 Å². The van der Waals surface area contributed by atoms with E-state index in [1.807, 2.05) is 66.4 Å². The molecule has 4 heterocycles. The van der Waals surface area contributed by atoms with E-state index < -0.39 is 42.1 Å². The number of benzene rings is 5. The van der Waals surface area contributed by atoms with Gasteiger partial charge in [-0.2, -0.15) is 4.91 Å². The zero-order chi connectivity index (χ0) is 55.0. The van der Waals surface area contributed by atoms with E-state index in [1.54, 1.807) is 41.3 Å². The van der Waals surface area contributed by atoms with Gasteiger partial charge in [0.15, 0.2) is 28.8 Å². The van der Waals surface area contributed by atoms with E-state index in [9.17, 15) is 38.8 Å². The second-order valence-electron chi connectivity index (χ2n) is 19.9. The van der Waals surface area contributed by atoms with Crippen molar-refractivity contribution in [3.8, 4) is 23.0 Å². The minimum Gasteiger partial charge on any atom is -0.493 e. The Morgan fingerprint density at radius 3 is 2.00 bits per heavy atom. The molecule has 5 aromatic carbocycles. The smallest absolute Gasteiger partial charge is 0.260 e. The number of unbranched alkanes of at least 4 members (excludes halogenated alkanes) is 2. The molecule has 408 valence electrons. The van der Waals surface area contributed by atoms with E-state index in [4.69, 9.17) is 18.9 Å². The van der Waals surface area contributed by atoms with Gasteiger partial charge in [-0.25, -0.2) is 0 Å². The summed E-state index contributed by atoms with van der Waals surface area (Å²) in [7, 11) is 2.96. The van der Waals surface area contributed by atoms with E-state index in [2.05, 4.69) is 31.8 Å². The number of nitrogens with one attached hydrogen (secondary N) is 5. The van der Waals surface area contributed by atoms with Crippen molar-refractivity contribution < 1.29 is 52.8 Å². The van der Waals surface area contributed by atoms with Gasteiger partial charge in [-0.1, -0.05) is 61.3 Å². The third kappa shape index (κ3) is 11.9. The highest BCUT2D eigenvalue weighted by Crippen LogP contribution is 2.43. The highest BCUT2D eigenvalue weighted by atomic mass is 16.5. The number of aliphatic hydroxyl groups is 1. The van der Waals surface area contributed by atoms with Crippen molar-refractivity contribution in [1.29, 1.82) is 0 Å². The normalized spacial score (nSPS) is 17.4. The van der Waals surface area contributed by atoms with E-state index in [0.29, 0.717) is 77.5 Å². The van der Waals surface area contributed by atoms with Gasteiger partial charge >= 0.3 is 0 Å². The van der Waals surface area contributed by atoms with Crippen molar-refractivity contribution in [3.63, 3.8) is 0 Å². The number of nitroso groups, excluding NO2 is 1. The molecule has 0 saturated carbocycles. The number of ketones is 1. The summed E-state index contributed by atoms with van der Waals surface area (Å²) >= 11 is 0. The van der Waals surface area contributed by atoms with Crippen molar-refractivity contribution in [1.82, 2.24) is 10.6 Å². The maximum Gasteiger partial charge on any atom is 0.260 e. The molecule has 20 nitrogen and oxygen atoms in total. The highest BCUT2D eigenvalue weighted by Gasteiger charge is 2.42. The molecule has 4 aliphatic heterocycles. The molecule has 0 spiro atoms. The third-order valence-electron chi connectivity index (χ3n) is 14.5. The Balaban J connectivity index is 0.894. The maximum atomic E-state index is 14.2. The van der Waals surface area contributed by atoms with Gasteiger partial charge in [0.2, 0.25) is 17.7 Å². The first kappa shape index (κ1) is 54.3. The first-order valence-corrected chi connectivity index (χ1v) is 26.3. The van der Waals surface area contributed by atoms with Crippen LogP contribution in [0.25, 0.3) is 0 Å². The lowest BCUT2D eigenvalue weighted by Crippen LogP contribution is -2.45. The van der Waals surface area contributed by atoms with E-state index in [1.165, 1.54) is 21.1 Å². The Morgan fingerprint density at radius 2 is 1.35 bits per heavy atom. The number of anilines is 5. The largest absolute Gasteiger partial charge is 0.493 e. The molecule has 78 heavy (non-hydrogen) atoms. The van der Waals surface area contributed by atoms with E-state index >= 15 is 0 Å². The van der Waals surface area contributed by atoms with E-state index in [0.717, 1.165) is 41.8 Å². The average molecular weight is 1070 g/mol. The molecule has 9 rings (SSSR count). The van der Waals surface area contributed by atoms with E-state index in [-0.39, 0.29) is 73.3 Å². The summed E-state index contributed by atoms with van der Waals surface area (Å²) in [5, 5.41) is 28.9. The van der Waals surface area contributed by atoms with Crippen LogP contribution in [0.1, 0.15) is 102 Å². The summed E-state index contributed by atoms with van der Waals surface area (Å²) < 4.78 is 24.4. The average Bonchev–Trinajstić information content (AvgIpc) is 4.08. The Hall–Kier alpha value is -8.52. The number of nitrogens with zero attached hydrogens (tertiary/aromatic N) is 3. The number of aliphatic hydroxyl groups excluding tert-OH is 1. The number of ether oxygens (including phenoxy) is 4. The molecular formula is C58H64N8O12. The SMILES string of the molecule is CCCCC(N=O)C(=O)CCCCC(=O)NCC(=O)NC(C)C(=O)Nc1cc(COc2cc3c(cc2OC)C(=O)N2c4ccccc4CC2CN3)cc(COc2cc3c(cc2OC)C(=O)N2c4ccccc4CC2[C@@H](O)N3)c1. The Kier molecular flexibility index (Phi) is 16.8. The number of Topliss-reactive ketones (excluding diaryl/α,β-unsaturated/α-hetero) is 1. The molecule has 5 aromatic rings. The fourth-order valence-corrected chi connectivity index (χ4v) is 10.5. The number of carbonyl (C=O) groups is 6. The molecular weight excluding hydrogens is 1000 g/mol. The Morgan fingerprint density at radius 1 is 0.744 bits per heavy atom. The zero-order valence-corrected chi connectivity index (χ0v) is 44.0. The number of carbonyl (C=O) groups excluding carboxylic acids is 6. The number of amides is 5. The minimum atomic E-state index is -1.10. The summed E-state index contributed by atoms with van der Waals surface area (Å²) in [5.41, 5.74) is 6.84. The van der Waals surface area contributed by atoms with Crippen LogP contribution in [0.2, 0.25) is 0 Å². The van der Waals surface area contributed by atoms with Gasteiger partial charge in [-0.15, -0.1) is 0 Å². The van der Waals surface area contributed by atoms with Crippen molar-refractivity contribution in [2.75, 3.05) is 53.1 Å². The topological polar surface area (TPSA) is 256 Å². The molecule has 0 aliphatic carbocycles. The minimum absolute atomic E-state index is 0.0352. The summed E-state index contributed by atoms with van der Waals surface area (Å²) in [6, 6.07) is 24.7. The van der Waals surface area contributed by atoms with Gasteiger partial charge < -0.3 is 60.4 Å². The van der Waals surface area contributed by atoms with Gasteiger partial charge in [0.25, 0.3) is 11.8 Å². The summed E-state index contributed by atoms with van der Waals surface area (Å²) in [4.78, 5) is 94.4. The van der Waals surface area contributed by atoms with Crippen LogP contribution in [0.3, 0.4) is 0 Å². The molecule has 4 unspecified atom stereocenters. The molecule has 5 amide bonds. The van der Waals surface area contributed by atoms with Gasteiger partial charge in [-0.3, -0.25) is 28.8 Å². The fourth-order valence-electron chi connectivity index (χ4n) is 10.5. The number of para-hydroxylation sites is 2. The van der Waals surface area contributed by atoms with Crippen LogP contribution >= 0.6 is 0 Å². The third-order valence-corrected chi connectivity index (χ3v) is 14.5. The van der Waals surface area contributed by atoms with Crippen LogP contribution < -0.4 is 55.3 Å². The first-order chi connectivity index (χ1) is 37.8. The van der Waals surface area contributed by atoms with Crippen LogP contribution in [0.15, 0.2) is 96.2 Å². The zero-order valence-electron chi connectivity index (χ0n) is 44.0. The number of methoxy groups -OCH3 is 2. The number of hydrogen-bond donors (Lipinski definition) is 6. The summed E-state index contributed by atoms with van der Waals surface area (Å²) in [5.74, 6) is -1.06. The van der Waals surface area contributed by atoms with Crippen molar-refractivity contribution in [3.05, 3.63) is 129 Å². The Labute approximate surface area is 451 Å². The van der Waals surface area contributed by atoms with Crippen LogP contribution in [-0.4, -0.2) is 98.1 Å². The maximum absolute atomic E-state index is 14.2. The number of fused-ring (bicyclic) bond motifs is 8. The molecule has 5 atom stereocenters. The lowest BCUT2D eigenvalue weighted by atomic mass is 10.0. The quantitative estimate of drug-likeness (QED) is 0.0280. The molecule has 0 radical (unpaired) electrons. The van der Waals surface area contributed by atoms with Gasteiger partial charge in [0.05, 0.1) is 55.3 Å². The summed E-state index contributed by atoms with van der Waals surface area (Å²) in [6.07, 6.45) is 3.04. The molecule has 4 aliphatic rings. The predicted molar refractivity (Wildman–Crippen MR) is 293 cm³/mol. The Bertz CT molecular complexity index is 3130. The van der Waals surface area contributed by atoms with Gasteiger partial charge in [0.1, 0.15) is 31.5 Å². The second kappa shape index (κ2) is 24.2. The van der Waals surface area contributed by atoms with Gasteiger partial charge in [0, 0.05) is 48.6 Å². The van der Waals surface area contributed by atoms with Crippen LogP contribution in [-0.2, 0) is 45.2 Å². The lowest BCUT2D eigenvalue weighted by molar-refractivity contribution is -0.128. The number of rotatable bonds is 23. The molecule has 0 aromatic heterocycles. The number of hydrogen-bond acceptors (Lipinski definition) is 15. The monoisotopic (exact) mass is 1060 g/mol. The predicted octanol–water partition coefficient (Wildman–Crippen LogP) is 7.19. The molecule has 0 saturated heterocycles. The van der Waals surface area contributed by atoms with Crippen molar-refractivity contribution in [2.45, 2.75) is 115 Å². The molecule has 0 bridgehead atoms. The standard InChI is InChI=1S/C58H64N8O12/c1-5-6-15-42(64-74)48(67)18-11-12-19-53(68)60-30-54(69)61-33(2)55(70)62-38-21-34(31-77-51-27-43-40(25-49(51)75-3)57(72)65-39(29-59-43)23-36-13-7-9-16-45(36)65)20-35(22-38)32-78-52-28-44-41(26-50(52)76-4)58(73)66-46-17-10-8-14-37(46)24-47(66)56(71)63-44/h7-10,13-14,16-17,20-22,25-28,33,39,42,47,56,59,63,71H,5-6,11-12,15,18-19,23-24,29-32H2,1-4H3,(H,60,68)(H,61,69)(H,62,70)/t33?,39?,42?,47?,56-/m1/s1. The van der Waals surface area contributed by atoms with Crippen LogP contribution in [0, 0.1) is 4.91 Å². The van der Waals surface area contributed by atoms with Crippen LogP contribution in [0.5, 0.6) is 23.0 Å². The molecule has 6 N–H and O–H groups in total. The second-order valence-corrected chi connectivity index (χ2v) is 19.9. The first-order valence-electron chi connectivity index (χ1n) is 26.3. The molecule has 20 heteroatoms. The molecule has 0 fully saturated rings. The van der Waals surface area contributed by atoms with Crippen molar-refractivity contribution in [2.24, 2.45) is 5.18 Å². The van der Waals surface area contributed by atoms with Crippen LogP contribution in [0.4, 0.5) is 28.4 Å². The fraction of sp³-hybridized carbons (Fsp3) is 0.379.